The van der Waals surface area contributed by atoms with Crippen LogP contribution in [-0.2, 0) is 17.9 Å². The number of carbonyl (C=O) groups is 2. The highest BCUT2D eigenvalue weighted by atomic mass is 16.2. The third kappa shape index (κ3) is 6.70. The Morgan fingerprint density at radius 1 is 0.690 bits per heavy atom. The van der Waals surface area contributed by atoms with Gasteiger partial charge in [0.15, 0.2) is 0 Å². The standard InChI is InChI=1S/C23H24N4O2/c28-22(17-25-23(29)24-16-19-10-4-1-5-11-19)26-27(21-14-8-3-9-15-21)18-20-12-6-2-7-13-20/h1-15H,16-18H2,(H,26,28)(H2,24,25,29). The number of anilines is 1. The summed E-state index contributed by atoms with van der Waals surface area (Å²) < 4.78 is 0. The van der Waals surface area contributed by atoms with Crippen LogP contribution in [0.1, 0.15) is 11.1 Å². The molecule has 0 saturated heterocycles. The number of benzene rings is 3. The summed E-state index contributed by atoms with van der Waals surface area (Å²) in [5.41, 5.74) is 5.77. The van der Waals surface area contributed by atoms with Crippen LogP contribution in [-0.4, -0.2) is 18.5 Å². The minimum absolute atomic E-state index is 0.126. The molecule has 0 aliphatic carbocycles. The van der Waals surface area contributed by atoms with Gasteiger partial charge in [-0.3, -0.25) is 15.2 Å². The highest BCUT2D eigenvalue weighted by Gasteiger charge is 2.12. The van der Waals surface area contributed by atoms with Gasteiger partial charge in [-0.05, 0) is 23.3 Å². The number of carbonyl (C=O) groups excluding carboxylic acids is 2. The van der Waals surface area contributed by atoms with Crippen LogP contribution in [0.4, 0.5) is 10.5 Å². The van der Waals surface area contributed by atoms with E-state index in [9.17, 15) is 9.59 Å². The van der Waals surface area contributed by atoms with Crippen molar-refractivity contribution in [1.82, 2.24) is 16.1 Å². The molecule has 0 bridgehead atoms. The maximum atomic E-state index is 12.4. The Hall–Kier alpha value is -3.80. The van der Waals surface area contributed by atoms with Crippen LogP contribution in [0.5, 0.6) is 0 Å². The van der Waals surface area contributed by atoms with Crippen molar-refractivity contribution in [2.24, 2.45) is 0 Å². The Morgan fingerprint density at radius 3 is 1.86 bits per heavy atom. The molecule has 3 N–H and O–H groups in total. The lowest BCUT2D eigenvalue weighted by molar-refractivity contribution is -0.120. The molecular formula is C23H24N4O2. The van der Waals surface area contributed by atoms with Crippen molar-refractivity contribution in [1.29, 1.82) is 0 Å². The number of para-hydroxylation sites is 1. The number of nitrogens with one attached hydrogen (secondary N) is 3. The lowest BCUT2D eigenvalue weighted by Crippen LogP contribution is -2.48. The number of hydrogen-bond acceptors (Lipinski definition) is 3. The lowest BCUT2D eigenvalue weighted by Gasteiger charge is -2.25. The second-order valence-electron chi connectivity index (χ2n) is 6.46. The Bertz CT molecular complexity index is 902. The summed E-state index contributed by atoms with van der Waals surface area (Å²) in [7, 11) is 0. The molecule has 3 rings (SSSR count). The Balaban J connectivity index is 1.52. The van der Waals surface area contributed by atoms with Gasteiger partial charge in [0.2, 0.25) is 0 Å². The molecular weight excluding hydrogens is 364 g/mol. The van der Waals surface area contributed by atoms with Crippen LogP contribution in [0.2, 0.25) is 0 Å². The smallest absolute Gasteiger partial charge is 0.315 e. The summed E-state index contributed by atoms with van der Waals surface area (Å²) in [5, 5.41) is 7.09. The van der Waals surface area contributed by atoms with Crippen molar-refractivity contribution in [2.75, 3.05) is 11.6 Å². The fourth-order valence-electron chi connectivity index (χ4n) is 2.76. The van der Waals surface area contributed by atoms with Crippen molar-refractivity contribution < 1.29 is 9.59 Å². The minimum Gasteiger partial charge on any atom is -0.334 e. The molecule has 0 unspecified atom stereocenters. The Labute approximate surface area is 170 Å². The van der Waals surface area contributed by atoms with Gasteiger partial charge in [0.1, 0.15) is 6.54 Å². The van der Waals surface area contributed by atoms with Crippen LogP contribution >= 0.6 is 0 Å². The number of urea groups is 1. The quantitative estimate of drug-likeness (QED) is 0.519. The molecule has 148 valence electrons. The topological polar surface area (TPSA) is 73.5 Å². The molecule has 0 heterocycles. The molecule has 0 saturated carbocycles. The summed E-state index contributed by atoms with van der Waals surface area (Å²) >= 11 is 0. The van der Waals surface area contributed by atoms with Gasteiger partial charge in [-0.15, -0.1) is 0 Å². The van der Waals surface area contributed by atoms with E-state index in [1.807, 2.05) is 91.0 Å². The van der Waals surface area contributed by atoms with E-state index in [1.165, 1.54) is 0 Å². The fourth-order valence-corrected chi connectivity index (χ4v) is 2.76. The molecule has 0 aromatic heterocycles. The van der Waals surface area contributed by atoms with Gasteiger partial charge < -0.3 is 10.6 Å². The maximum absolute atomic E-state index is 12.4. The van der Waals surface area contributed by atoms with Crippen molar-refractivity contribution in [3.63, 3.8) is 0 Å². The van der Waals surface area contributed by atoms with Gasteiger partial charge in [0, 0.05) is 6.54 Å². The second kappa shape index (κ2) is 10.5. The van der Waals surface area contributed by atoms with Crippen molar-refractivity contribution in [3.05, 3.63) is 102 Å². The van der Waals surface area contributed by atoms with Gasteiger partial charge in [-0.1, -0.05) is 78.9 Å². The monoisotopic (exact) mass is 388 g/mol. The van der Waals surface area contributed by atoms with E-state index in [2.05, 4.69) is 16.1 Å². The molecule has 29 heavy (non-hydrogen) atoms. The van der Waals surface area contributed by atoms with E-state index in [1.54, 1.807) is 5.01 Å². The fraction of sp³-hybridized carbons (Fsp3) is 0.130. The van der Waals surface area contributed by atoms with Crippen LogP contribution in [0.3, 0.4) is 0 Å². The van der Waals surface area contributed by atoms with E-state index in [-0.39, 0.29) is 12.5 Å². The van der Waals surface area contributed by atoms with Crippen molar-refractivity contribution in [2.45, 2.75) is 13.1 Å². The van der Waals surface area contributed by atoms with Gasteiger partial charge in [-0.2, -0.15) is 0 Å². The summed E-state index contributed by atoms with van der Waals surface area (Å²) in [5.74, 6) is -0.306. The molecule has 3 aromatic rings. The summed E-state index contributed by atoms with van der Waals surface area (Å²) in [6.07, 6.45) is 0. The van der Waals surface area contributed by atoms with Gasteiger partial charge in [0.05, 0.1) is 12.2 Å². The van der Waals surface area contributed by atoms with E-state index in [4.69, 9.17) is 0 Å². The average molecular weight is 388 g/mol. The molecule has 0 radical (unpaired) electrons. The highest BCUT2D eigenvalue weighted by molar-refractivity contribution is 5.84. The van der Waals surface area contributed by atoms with E-state index in [0.29, 0.717) is 13.1 Å². The lowest BCUT2D eigenvalue weighted by atomic mass is 10.2. The zero-order valence-electron chi connectivity index (χ0n) is 16.0. The first-order chi connectivity index (χ1) is 14.2. The van der Waals surface area contributed by atoms with Crippen LogP contribution in [0.15, 0.2) is 91.0 Å². The highest BCUT2D eigenvalue weighted by Crippen LogP contribution is 2.14. The first-order valence-corrected chi connectivity index (χ1v) is 9.42. The number of hydrogen-bond donors (Lipinski definition) is 3. The second-order valence-corrected chi connectivity index (χ2v) is 6.46. The van der Waals surface area contributed by atoms with Gasteiger partial charge in [-0.25, -0.2) is 4.79 Å². The molecule has 3 amide bonds. The van der Waals surface area contributed by atoms with E-state index in [0.717, 1.165) is 16.8 Å². The third-order valence-corrected chi connectivity index (χ3v) is 4.22. The van der Waals surface area contributed by atoms with Gasteiger partial charge in [0.25, 0.3) is 5.91 Å². The molecule has 0 aliphatic heterocycles. The third-order valence-electron chi connectivity index (χ3n) is 4.22. The van der Waals surface area contributed by atoms with Crippen LogP contribution in [0.25, 0.3) is 0 Å². The van der Waals surface area contributed by atoms with Crippen molar-refractivity contribution >= 4 is 17.6 Å². The summed E-state index contributed by atoms with van der Waals surface area (Å²) in [4.78, 5) is 24.4. The first-order valence-electron chi connectivity index (χ1n) is 9.42. The number of hydrazine groups is 1. The molecule has 0 fully saturated rings. The number of rotatable bonds is 8. The van der Waals surface area contributed by atoms with E-state index < -0.39 is 6.03 Å². The normalized spacial score (nSPS) is 10.1. The maximum Gasteiger partial charge on any atom is 0.315 e. The summed E-state index contributed by atoms with van der Waals surface area (Å²) in [6, 6.07) is 28.6. The zero-order chi connectivity index (χ0) is 20.3. The predicted octanol–water partition coefficient (Wildman–Crippen LogP) is 3.22. The minimum atomic E-state index is -0.390. The Morgan fingerprint density at radius 2 is 1.24 bits per heavy atom. The number of amides is 3. The van der Waals surface area contributed by atoms with Crippen LogP contribution in [0, 0.1) is 0 Å². The number of nitrogens with zero attached hydrogens (tertiary/aromatic N) is 1. The molecule has 6 heteroatoms. The van der Waals surface area contributed by atoms with Gasteiger partial charge >= 0.3 is 6.03 Å². The largest absolute Gasteiger partial charge is 0.334 e. The molecule has 6 nitrogen and oxygen atoms in total. The first kappa shape index (κ1) is 19.9. The van der Waals surface area contributed by atoms with Crippen LogP contribution < -0.4 is 21.1 Å². The molecule has 0 atom stereocenters. The Kier molecular flexibility index (Phi) is 7.23. The van der Waals surface area contributed by atoms with Crippen molar-refractivity contribution in [3.8, 4) is 0 Å². The zero-order valence-corrected chi connectivity index (χ0v) is 16.0. The summed E-state index contributed by atoms with van der Waals surface area (Å²) in [6.45, 7) is 0.786. The SMILES string of the molecule is O=C(CNC(=O)NCc1ccccc1)NN(Cc1ccccc1)c1ccccc1. The molecule has 3 aromatic carbocycles. The van der Waals surface area contributed by atoms with E-state index >= 15 is 0 Å². The predicted molar refractivity (Wildman–Crippen MR) is 114 cm³/mol. The molecule has 0 spiro atoms. The average Bonchev–Trinajstić information content (AvgIpc) is 2.78. The molecule has 0 aliphatic rings.